The topological polar surface area (TPSA) is 82.9 Å². The van der Waals surface area contributed by atoms with Crippen molar-refractivity contribution in [3.8, 4) is 11.3 Å². The van der Waals surface area contributed by atoms with Crippen molar-refractivity contribution in [2.24, 2.45) is 5.73 Å². The van der Waals surface area contributed by atoms with Crippen LogP contribution in [0.3, 0.4) is 0 Å². The Balaban J connectivity index is 1.78. The maximum atomic E-state index is 11.9. The number of primary amides is 1. The third kappa shape index (κ3) is 3.28. The summed E-state index contributed by atoms with van der Waals surface area (Å²) < 4.78 is 0. The highest BCUT2D eigenvalue weighted by atomic mass is 35.5. The second-order valence-electron chi connectivity index (χ2n) is 6.69. The molecule has 3 aromatic rings. The number of anilines is 1. The summed E-state index contributed by atoms with van der Waals surface area (Å²) in [5.74, 6) is -0.439. The second-order valence-corrected chi connectivity index (χ2v) is 7.13. The van der Waals surface area contributed by atoms with Crippen LogP contribution in [-0.4, -0.2) is 30.0 Å². The summed E-state index contributed by atoms with van der Waals surface area (Å²) in [6.07, 6.45) is 2.28. The smallest absolute Gasteiger partial charge is 0.250 e. The third-order valence-electron chi connectivity index (χ3n) is 4.87. The average Bonchev–Trinajstić information content (AvgIpc) is 3.09. The molecule has 26 heavy (non-hydrogen) atoms. The monoisotopic (exact) mass is 368 g/mol. The molecule has 1 aliphatic rings. The van der Waals surface area contributed by atoms with Crippen molar-refractivity contribution in [3.63, 3.8) is 0 Å². The second kappa shape index (κ2) is 7.02. The minimum Gasteiger partial charge on any atom is -0.380 e. The number of carbonyl (C=O) groups is 1. The van der Waals surface area contributed by atoms with Crippen LogP contribution in [0.15, 0.2) is 42.5 Å². The molecule has 0 radical (unpaired) electrons. The lowest BCUT2D eigenvalue weighted by Crippen LogP contribution is -2.38. The molecule has 6 heteroatoms. The Hall–Kier alpha value is -2.50. The van der Waals surface area contributed by atoms with Gasteiger partial charge in [0.05, 0.1) is 11.1 Å². The summed E-state index contributed by atoms with van der Waals surface area (Å²) in [6.45, 7) is 2.01. The molecule has 1 unspecified atom stereocenters. The Morgan fingerprint density at radius 1 is 1.19 bits per heavy atom. The molecule has 5 N–H and O–H groups in total. The SMILES string of the molecule is NC(=O)c1ccc(NC2CCCNC2)c2cc(-c3ccc(Cl)cc3)[nH]c12. The van der Waals surface area contributed by atoms with Gasteiger partial charge in [-0.2, -0.15) is 0 Å². The number of amides is 1. The van der Waals surface area contributed by atoms with Gasteiger partial charge < -0.3 is 21.4 Å². The normalized spacial score (nSPS) is 17.3. The molecule has 1 aromatic heterocycles. The zero-order valence-electron chi connectivity index (χ0n) is 14.3. The molecule has 4 rings (SSSR count). The Labute approximate surface area is 156 Å². The van der Waals surface area contributed by atoms with Crippen LogP contribution in [0.25, 0.3) is 22.2 Å². The first-order chi connectivity index (χ1) is 12.6. The van der Waals surface area contributed by atoms with Crippen molar-refractivity contribution in [2.45, 2.75) is 18.9 Å². The van der Waals surface area contributed by atoms with Gasteiger partial charge in [0.1, 0.15) is 0 Å². The van der Waals surface area contributed by atoms with E-state index in [-0.39, 0.29) is 0 Å². The van der Waals surface area contributed by atoms with Crippen LogP contribution in [-0.2, 0) is 0 Å². The fourth-order valence-electron chi connectivity index (χ4n) is 3.53. The molecule has 0 saturated carbocycles. The molecule has 1 amide bonds. The van der Waals surface area contributed by atoms with E-state index in [0.717, 1.165) is 53.8 Å². The highest BCUT2D eigenvalue weighted by Gasteiger charge is 2.17. The van der Waals surface area contributed by atoms with Crippen LogP contribution in [0, 0.1) is 0 Å². The van der Waals surface area contributed by atoms with Crippen LogP contribution in [0.2, 0.25) is 5.02 Å². The van der Waals surface area contributed by atoms with E-state index in [1.165, 1.54) is 0 Å². The number of aromatic amines is 1. The lowest BCUT2D eigenvalue weighted by molar-refractivity contribution is 0.100. The maximum absolute atomic E-state index is 11.9. The lowest BCUT2D eigenvalue weighted by atomic mass is 10.0. The van der Waals surface area contributed by atoms with Gasteiger partial charge in [-0.15, -0.1) is 0 Å². The van der Waals surface area contributed by atoms with Crippen LogP contribution < -0.4 is 16.4 Å². The molecule has 0 spiro atoms. The Morgan fingerprint density at radius 2 is 2.00 bits per heavy atom. The highest BCUT2D eigenvalue weighted by Crippen LogP contribution is 2.32. The quantitative estimate of drug-likeness (QED) is 0.566. The van der Waals surface area contributed by atoms with E-state index in [9.17, 15) is 4.79 Å². The van der Waals surface area contributed by atoms with Crippen molar-refractivity contribution >= 4 is 34.1 Å². The molecular formula is C20H21ClN4O. The Morgan fingerprint density at radius 3 is 2.69 bits per heavy atom. The molecule has 0 aliphatic carbocycles. The minimum absolute atomic E-state index is 0.375. The van der Waals surface area contributed by atoms with Gasteiger partial charge >= 0.3 is 0 Å². The maximum Gasteiger partial charge on any atom is 0.250 e. The molecule has 1 aliphatic heterocycles. The van der Waals surface area contributed by atoms with E-state index in [1.54, 1.807) is 6.07 Å². The van der Waals surface area contributed by atoms with Crippen LogP contribution >= 0.6 is 11.6 Å². The summed E-state index contributed by atoms with van der Waals surface area (Å²) in [4.78, 5) is 15.2. The first kappa shape index (κ1) is 16.9. The Bertz CT molecular complexity index is 942. The number of piperidine rings is 1. The van der Waals surface area contributed by atoms with Gasteiger partial charge in [-0.05, 0) is 55.3 Å². The standard InChI is InChI=1S/C20H21ClN4O/c21-13-5-3-12(4-6-13)18-10-16-17(24-14-2-1-9-23-11-14)8-7-15(20(22)26)19(16)25-18/h3-8,10,14,23-25H,1-2,9,11H2,(H2,22,26). The summed E-state index contributed by atoms with van der Waals surface area (Å²) >= 11 is 5.99. The number of nitrogens with one attached hydrogen (secondary N) is 3. The van der Waals surface area contributed by atoms with Gasteiger partial charge in [0.15, 0.2) is 0 Å². The molecule has 2 aromatic carbocycles. The van der Waals surface area contributed by atoms with Gasteiger partial charge in [0.25, 0.3) is 5.91 Å². The van der Waals surface area contributed by atoms with Gasteiger partial charge in [0, 0.05) is 34.4 Å². The van der Waals surface area contributed by atoms with E-state index in [1.807, 2.05) is 30.3 Å². The van der Waals surface area contributed by atoms with Crippen molar-refractivity contribution in [1.82, 2.24) is 10.3 Å². The van der Waals surface area contributed by atoms with Crippen molar-refractivity contribution in [3.05, 3.63) is 53.1 Å². The summed E-state index contributed by atoms with van der Waals surface area (Å²) in [6, 6.07) is 13.8. The van der Waals surface area contributed by atoms with Crippen LogP contribution in [0.4, 0.5) is 5.69 Å². The number of halogens is 1. The van der Waals surface area contributed by atoms with E-state index in [4.69, 9.17) is 17.3 Å². The average molecular weight is 369 g/mol. The summed E-state index contributed by atoms with van der Waals surface area (Å²) in [7, 11) is 0. The number of rotatable bonds is 4. The number of fused-ring (bicyclic) bond motifs is 1. The van der Waals surface area contributed by atoms with Crippen molar-refractivity contribution in [1.29, 1.82) is 0 Å². The molecule has 2 heterocycles. The predicted molar refractivity (Wildman–Crippen MR) is 107 cm³/mol. The van der Waals surface area contributed by atoms with Crippen molar-refractivity contribution in [2.75, 3.05) is 18.4 Å². The summed E-state index contributed by atoms with van der Waals surface area (Å²) in [5, 5.41) is 8.68. The largest absolute Gasteiger partial charge is 0.380 e. The fraction of sp³-hybridized carbons (Fsp3) is 0.250. The Kier molecular flexibility index (Phi) is 4.57. The number of aromatic nitrogens is 1. The molecule has 5 nitrogen and oxygen atoms in total. The van der Waals surface area contributed by atoms with Crippen molar-refractivity contribution < 1.29 is 4.79 Å². The molecule has 1 saturated heterocycles. The van der Waals surface area contributed by atoms with E-state index in [2.05, 4.69) is 21.7 Å². The predicted octanol–water partition coefficient (Wildman–Crippen LogP) is 3.75. The first-order valence-corrected chi connectivity index (χ1v) is 9.18. The number of H-pyrrole nitrogens is 1. The van der Waals surface area contributed by atoms with E-state index < -0.39 is 5.91 Å². The molecule has 0 bridgehead atoms. The third-order valence-corrected chi connectivity index (χ3v) is 5.12. The first-order valence-electron chi connectivity index (χ1n) is 8.80. The molecule has 1 atom stereocenters. The zero-order chi connectivity index (χ0) is 18.1. The van der Waals surface area contributed by atoms with Gasteiger partial charge in [0.2, 0.25) is 0 Å². The lowest BCUT2D eigenvalue weighted by Gasteiger charge is -2.25. The van der Waals surface area contributed by atoms with Crippen LogP contribution in [0.5, 0.6) is 0 Å². The molecule has 134 valence electrons. The summed E-state index contributed by atoms with van der Waals surface area (Å²) in [5.41, 5.74) is 9.77. The number of hydrogen-bond acceptors (Lipinski definition) is 3. The molecule has 1 fully saturated rings. The number of hydrogen-bond donors (Lipinski definition) is 4. The van der Waals surface area contributed by atoms with E-state index >= 15 is 0 Å². The zero-order valence-corrected chi connectivity index (χ0v) is 15.1. The van der Waals surface area contributed by atoms with Gasteiger partial charge in [-0.1, -0.05) is 23.7 Å². The fourth-order valence-corrected chi connectivity index (χ4v) is 3.66. The highest BCUT2D eigenvalue weighted by molar-refractivity contribution is 6.30. The van der Waals surface area contributed by atoms with Gasteiger partial charge in [-0.25, -0.2) is 0 Å². The number of carbonyl (C=O) groups excluding carboxylic acids is 1. The van der Waals surface area contributed by atoms with E-state index in [0.29, 0.717) is 16.6 Å². The minimum atomic E-state index is -0.439. The number of benzene rings is 2. The van der Waals surface area contributed by atoms with Crippen LogP contribution in [0.1, 0.15) is 23.2 Å². The number of nitrogens with two attached hydrogens (primary N) is 1. The molecular weight excluding hydrogens is 348 g/mol. The van der Waals surface area contributed by atoms with Gasteiger partial charge in [-0.3, -0.25) is 4.79 Å².